The maximum absolute atomic E-state index is 13.5. The fourth-order valence-corrected chi connectivity index (χ4v) is 4.39. The summed E-state index contributed by atoms with van der Waals surface area (Å²) < 4.78 is 6.93. The Balaban J connectivity index is 1.90. The summed E-state index contributed by atoms with van der Waals surface area (Å²) in [6.45, 7) is 8.53. The molecular formula is C25H33N3O2S. The van der Waals surface area contributed by atoms with Crippen LogP contribution in [0.4, 0.5) is 5.13 Å². The molecule has 0 radical (unpaired) electrons. The van der Waals surface area contributed by atoms with E-state index in [1.165, 1.54) is 11.1 Å². The monoisotopic (exact) mass is 439 g/mol. The van der Waals surface area contributed by atoms with Crippen molar-refractivity contribution in [1.82, 2.24) is 9.88 Å². The number of unbranched alkanes of at least 4 members (excludes halogenated alkanes) is 1. The van der Waals surface area contributed by atoms with Gasteiger partial charge < -0.3 is 9.64 Å². The molecule has 0 aliphatic carbocycles. The number of hydrogen-bond donors (Lipinski definition) is 0. The lowest BCUT2D eigenvalue weighted by Crippen LogP contribution is -2.33. The van der Waals surface area contributed by atoms with E-state index in [1.54, 1.807) is 11.3 Å². The molecule has 0 spiro atoms. The van der Waals surface area contributed by atoms with Gasteiger partial charge in [0.2, 0.25) is 0 Å². The van der Waals surface area contributed by atoms with Gasteiger partial charge in [-0.1, -0.05) is 30.7 Å². The van der Waals surface area contributed by atoms with Crippen LogP contribution in [0.15, 0.2) is 36.4 Å². The van der Waals surface area contributed by atoms with Gasteiger partial charge in [0.25, 0.3) is 5.91 Å². The number of thiazole rings is 1. The molecule has 0 fully saturated rings. The van der Waals surface area contributed by atoms with Gasteiger partial charge in [0, 0.05) is 12.1 Å². The number of fused-ring (bicyclic) bond motifs is 1. The number of aromatic nitrogens is 1. The maximum Gasteiger partial charge on any atom is 0.260 e. The van der Waals surface area contributed by atoms with Gasteiger partial charge in [-0.2, -0.15) is 0 Å². The zero-order chi connectivity index (χ0) is 22.4. The molecule has 0 saturated carbocycles. The van der Waals surface area contributed by atoms with Crippen LogP contribution in [0.1, 0.15) is 47.7 Å². The molecule has 166 valence electrons. The smallest absolute Gasteiger partial charge is 0.260 e. The predicted molar refractivity (Wildman–Crippen MR) is 131 cm³/mol. The van der Waals surface area contributed by atoms with Gasteiger partial charge in [0.05, 0.1) is 16.8 Å². The van der Waals surface area contributed by atoms with E-state index >= 15 is 0 Å². The molecule has 0 aliphatic heterocycles. The summed E-state index contributed by atoms with van der Waals surface area (Å²) in [6.07, 6.45) is 2.95. The third-order valence-corrected chi connectivity index (χ3v) is 6.34. The van der Waals surface area contributed by atoms with E-state index < -0.39 is 0 Å². The van der Waals surface area contributed by atoms with Gasteiger partial charge in [-0.3, -0.25) is 9.69 Å². The highest BCUT2D eigenvalue weighted by atomic mass is 32.1. The number of amides is 1. The molecule has 0 saturated heterocycles. The quantitative estimate of drug-likeness (QED) is 0.381. The number of nitrogens with zero attached hydrogens (tertiary/aromatic N) is 3. The lowest BCUT2D eigenvalue weighted by Gasteiger charge is -2.21. The number of carbonyl (C=O) groups is 1. The zero-order valence-corrected chi connectivity index (χ0v) is 20.1. The fourth-order valence-electron chi connectivity index (χ4n) is 3.32. The van der Waals surface area contributed by atoms with E-state index in [0.29, 0.717) is 18.7 Å². The Bertz CT molecular complexity index is 990. The molecule has 1 heterocycles. The van der Waals surface area contributed by atoms with Crippen LogP contribution in [-0.2, 0) is 0 Å². The van der Waals surface area contributed by atoms with E-state index in [1.807, 2.05) is 43.3 Å². The molecule has 0 atom stereocenters. The van der Waals surface area contributed by atoms with Gasteiger partial charge in [-0.05, 0) is 88.8 Å². The lowest BCUT2D eigenvalue weighted by atomic mass is 10.1. The number of ether oxygens (including phenoxy) is 1. The van der Waals surface area contributed by atoms with Crippen molar-refractivity contribution in [3.05, 3.63) is 53.1 Å². The molecule has 0 unspecified atom stereocenters. The van der Waals surface area contributed by atoms with Crippen molar-refractivity contribution in [2.45, 2.75) is 40.0 Å². The second-order valence-corrected chi connectivity index (χ2v) is 9.25. The molecular weight excluding hydrogens is 406 g/mol. The summed E-state index contributed by atoms with van der Waals surface area (Å²) in [7, 11) is 4.10. The fraction of sp³-hybridized carbons (Fsp3) is 0.440. The lowest BCUT2D eigenvalue weighted by molar-refractivity contribution is 0.0985. The predicted octanol–water partition coefficient (Wildman–Crippen LogP) is 5.69. The van der Waals surface area contributed by atoms with E-state index in [4.69, 9.17) is 9.72 Å². The van der Waals surface area contributed by atoms with Crippen LogP contribution in [0.3, 0.4) is 0 Å². The van der Waals surface area contributed by atoms with Crippen molar-refractivity contribution < 1.29 is 9.53 Å². The van der Waals surface area contributed by atoms with E-state index in [0.717, 1.165) is 46.9 Å². The van der Waals surface area contributed by atoms with Gasteiger partial charge >= 0.3 is 0 Å². The first-order valence-electron chi connectivity index (χ1n) is 11.0. The summed E-state index contributed by atoms with van der Waals surface area (Å²) in [4.78, 5) is 22.3. The second-order valence-electron chi connectivity index (χ2n) is 8.24. The van der Waals surface area contributed by atoms with Gasteiger partial charge in [-0.15, -0.1) is 0 Å². The van der Waals surface area contributed by atoms with Crippen LogP contribution >= 0.6 is 11.3 Å². The van der Waals surface area contributed by atoms with Crippen LogP contribution in [0.25, 0.3) is 10.2 Å². The largest absolute Gasteiger partial charge is 0.494 e. The van der Waals surface area contributed by atoms with Crippen molar-refractivity contribution in [2.24, 2.45) is 0 Å². The first kappa shape index (κ1) is 23.2. The zero-order valence-electron chi connectivity index (χ0n) is 19.3. The molecule has 5 nitrogen and oxygen atoms in total. The van der Waals surface area contributed by atoms with Crippen LogP contribution in [0, 0.1) is 13.8 Å². The molecule has 3 aromatic rings. The van der Waals surface area contributed by atoms with Gasteiger partial charge in [0.15, 0.2) is 5.13 Å². The Morgan fingerprint density at radius 3 is 2.58 bits per heavy atom. The first-order valence-corrected chi connectivity index (χ1v) is 11.8. The summed E-state index contributed by atoms with van der Waals surface area (Å²) in [5.74, 6) is 0.704. The summed E-state index contributed by atoms with van der Waals surface area (Å²) >= 11 is 1.58. The van der Waals surface area contributed by atoms with Crippen LogP contribution < -0.4 is 9.64 Å². The number of rotatable bonds is 10. The third-order valence-electron chi connectivity index (χ3n) is 5.30. The molecule has 2 aromatic carbocycles. The highest BCUT2D eigenvalue weighted by molar-refractivity contribution is 7.22. The topological polar surface area (TPSA) is 45.7 Å². The highest BCUT2D eigenvalue weighted by Gasteiger charge is 2.22. The molecule has 0 bridgehead atoms. The van der Waals surface area contributed by atoms with E-state index in [2.05, 4.69) is 37.8 Å². The average Bonchev–Trinajstić information content (AvgIpc) is 3.13. The summed E-state index contributed by atoms with van der Waals surface area (Å²) in [5.41, 5.74) is 4.03. The first-order chi connectivity index (χ1) is 14.9. The Morgan fingerprint density at radius 1 is 1.06 bits per heavy atom. The number of benzene rings is 2. The Morgan fingerprint density at radius 2 is 1.84 bits per heavy atom. The standard InChI is InChI=1S/C25H33N3O2S/c1-6-7-14-30-21-11-8-10-20(17-21)24(29)28(13-9-12-27(4)5)25-26-22-15-18(2)19(3)16-23(22)31-25/h8,10-11,15-17H,6-7,9,12-14H2,1-5H3. The third kappa shape index (κ3) is 6.05. The van der Waals surface area contributed by atoms with Crippen molar-refractivity contribution in [2.75, 3.05) is 38.7 Å². The maximum atomic E-state index is 13.5. The minimum absolute atomic E-state index is 0.0350. The second kappa shape index (κ2) is 10.7. The Labute approximate surface area is 189 Å². The molecule has 0 N–H and O–H groups in total. The van der Waals surface area contributed by atoms with Crippen molar-refractivity contribution in [1.29, 1.82) is 0 Å². The number of aryl methyl sites for hydroxylation is 2. The molecule has 31 heavy (non-hydrogen) atoms. The minimum Gasteiger partial charge on any atom is -0.494 e. The molecule has 1 amide bonds. The minimum atomic E-state index is -0.0350. The Kier molecular flexibility index (Phi) is 8.04. The van der Waals surface area contributed by atoms with E-state index in [-0.39, 0.29) is 5.91 Å². The number of anilines is 1. The number of carbonyl (C=O) groups excluding carboxylic acids is 1. The molecule has 0 aliphatic rings. The van der Waals surface area contributed by atoms with Gasteiger partial charge in [-0.25, -0.2) is 4.98 Å². The van der Waals surface area contributed by atoms with Crippen molar-refractivity contribution in [3.8, 4) is 5.75 Å². The van der Waals surface area contributed by atoms with Crippen molar-refractivity contribution in [3.63, 3.8) is 0 Å². The van der Waals surface area contributed by atoms with Gasteiger partial charge in [0.1, 0.15) is 5.75 Å². The molecule has 6 heteroatoms. The average molecular weight is 440 g/mol. The summed E-state index contributed by atoms with van der Waals surface area (Å²) in [5, 5.41) is 0.751. The summed E-state index contributed by atoms with van der Waals surface area (Å²) in [6, 6.07) is 11.8. The number of hydrogen-bond acceptors (Lipinski definition) is 5. The SMILES string of the molecule is CCCCOc1cccc(C(=O)N(CCCN(C)C)c2nc3cc(C)c(C)cc3s2)c1. The van der Waals surface area contributed by atoms with Crippen LogP contribution in [0.5, 0.6) is 5.75 Å². The Hall–Kier alpha value is -2.44. The van der Waals surface area contributed by atoms with Crippen molar-refractivity contribution >= 4 is 32.6 Å². The van der Waals surface area contributed by atoms with Crippen LogP contribution in [-0.4, -0.2) is 49.6 Å². The van der Waals surface area contributed by atoms with Crippen LogP contribution in [0.2, 0.25) is 0 Å². The normalized spacial score (nSPS) is 11.3. The molecule has 1 aromatic heterocycles. The highest BCUT2D eigenvalue weighted by Crippen LogP contribution is 2.32. The van der Waals surface area contributed by atoms with E-state index in [9.17, 15) is 4.79 Å². The molecule has 3 rings (SSSR count).